The topological polar surface area (TPSA) is 55.1 Å². The monoisotopic (exact) mass is 170 g/mol. The fourth-order valence-corrected chi connectivity index (χ4v) is 1.23. The third-order valence-electron chi connectivity index (χ3n) is 2.20. The molecule has 0 spiro atoms. The van der Waals surface area contributed by atoms with Gasteiger partial charge in [0.15, 0.2) is 0 Å². The summed E-state index contributed by atoms with van der Waals surface area (Å²) in [4.78, 5) is 10.3. The van der Waals surface area contributed by atoms with Crippen molar-refractivity contribution in [3.8, 4) is 0 Å². The van der Waals surface area contributed by atoms with E-state index in [-0.39, 0.29) is 5.91 Å². The number of primary amides is 1. The molecule has 0 aromatic carbocycles. The highest BCUT2D eigenvalue weighted by Gasteiger charge is 2.19. The average Bonchev–Trinajstić information content (AvgIpc) is 2.79. The van der Waals surface area contributed by atoms with Crippen LogP contribution in [0.1, 0.15) is 32.1 Å². The number of rotatable bonds is 7. The minimum atomic E-state index is -0.195. The van der Waals surface area contributed by atoms with Gasteiger partial charge in [-0.25, -0.2) is 0 Å². The van der Waals surface area contributed by atoms with Crippen LogP contribution in [0.25, 0.3) is 0 Å². The highest BCUT2D eigenvalue weighted by molar-refractivity contribution is 5.73. The van der Waals surface area contributed by atoms with Gasteiger partial charge in [-0.05, 0) is 31.8 Å². The van der Waals surface area contributed by atoms with Crippen LogP contribution in [0.5, 0.6) is 0 Å². The standard InChI is InChI=1S/C9H18N2O/c10-9(12)2-1-6-11-7-5-8-3-4-8/h8,11H,1-7H2,(H2,10,12). The van der Waals surface area contributed by atoms with Crippen LogP contribution in [-0.4, -0.2) is 19.0 Å². The van der Waals surface area contributed by atoms with Gasteiger partial charge >= 0.3 is 0 Å². The summed E-state index contributed by atoms with van der Waals surface area (Å²) in [6.07, 6.45) is 5.53. The molecule has 3 N–H and O–H groups in total. The summed E-state index contributed by atoms with van der Waals surface area (Å²) in [5.41, 5.74) is 5.00. The molecule has 0 atom stereocenters. The average molecular weight is 170 g/mol. The van der Waals surface area contributed by atoms with Crippen LogP contribution in [0.4, 0.5) is 0 Å². The predicted octanol–water partition coefficient (Wildman–Crippen LogP) is 0.642. The fourth-order valence-electron chi connectivity index (χ4n) is 1.23. The molecular formula is C9H18N2O. The van der Waals surface area contributed by atoms with Crippen molar-refractivity contribution in [2.24, 2.45) is 11.7 Å². The van der Waals surface area contributed by atoms with Crippen molar-refractivity contribution in [1.29, 1.82) is 0 Å². The first-order valence-electron chi connectivity index (χ1n) is 4.78. The molecule has 3 heteroatoms. The minimum Gasteiger partial charge on any atom is -0.370 e. The second-order valence-electron chi connectivity index (χ2n) is 3.55. The van der Waals surface area contributed by atoms with E-state index in [1.165, 1.54) is 19.3 Å². The summed E-state index contributed by atoms with van der Waals surface area (Å²) in [5, 5.41) is 3.30. The van der Waals surface area contributed by atoms with Crippen LogP contribution in [0, 0.1) is 5.92 Å². The molecule has 0 bridgehead atoms. The van der Waals surface area contributed by atoms with Gasteiger partial charge in [0.05, 0.1) is 0 Å². The van der Waals surface area contributed by atoms with E-state index in [4.69, 9.17) is 5.73 Å². The lowest BCUT2D eigenvalue weighted by Crippen LogP contribution is -2.19. The molecule has 70 valence electrons. The molecule has 0 aromatic rings. The largest absolute Gasteiger partial charge is 0.370 e. The molecule has 0 radical (unpaired) electrons. The molecule has 1 rings (SSSR count). The number of carbonyl (C=O) groups is 1. The maximum atomic E-state index is 10.3. The summed E-state index contributed by atoms with van der Waals surface area (Å²) < 4.78 is 0. The van der Waals surface area contributed by atoms with Crippen LogP contribution in [0.3, 0.4) is 0 Å². The Morgan fingerprint density at radius 3 is 2.75 bits per heavy atom. The third kappa shape index (κ3) is 5.13. The smallest absolute Gasteiger partial charge is 0.217 e. The maximum Gasteiger partial charge on any atom is 0.217 e. The number of amides is 1. The van der Waals surface area contributed by atoms with E-state index < -0.39 is 0 Å². The number of hydrogen-bond acceptors (Lipinski definition) is 2. The van der Waals surface area contributed by atoms with E-state index in [0.717, 1.165) is 25.4 Å². The highest BCUT2D eigenvalue weighted by Crippen LogP contribution is 2.31. The Bertz CT molecular complexity index is 143. The molecule has 1 amide bonds. The molecular weight excluding hydrogens is 152 g/mol. The van der Waals surface area contributed by atoms with E-state index in [2.05, 4.69) is 5.32 Å². The lowest BCUT2D eigenvalue weighted by atomic mass is 10.2. The lowest BCUT2D eigenvalue weighted by Gasteiger charge is -2.01. The first-order chi connectivity index (χ1) is 5.79. The van der Waals surface area contributed by atoms with Gasteiger partial charge in [0, 0.05) is 6.42 Å². The Kier molecular flexibility index (Phi) is 4.08. The summed E-state index contributed by atoms with van der Waals surface area (Å²) in [7, 11) is 0. The first kappa shape index (κ1) is 9.52. The van der Waals surface area contributed by atoms with Gasteiger partial charge in [0.2, 0.25) is 5.91 Å². The molecule has 1 aliphatic carbocycles. The summed E-state index contributed by atoms with van der Waals surface area (Å²) >= 11 is 0. The SMILES string of the molecule is NC(=O)CCCNCCC1CC1. The summed E-state index contributed by atoms with van der Waals surface area (Å²) in [6.45, 7) is 2.03. The third-order valence-corrected chi connectivity index (χ3v) is 2.20. The molecule has 0 aliphatic heterocycles. The van der Waals surface area contributed by atoms with E-state index in [9.17, 15) is 4.79 Å². The molecule has 1 aliphatic rings. The predicted molar refractivity (Wildman–Crippen MR) is 48.6 cm³/mol. The first-order valence-corrected chi connectivity index (χ1v) is 4.78. The van der Waals surface area contributed by atoms with Gasteiger partial charge < -0.3 is 11.1 Å². The van der Waals surface area contributed by atoms with Crippen LogP contribution in [0.2, 0.25) is 0 Å². The quantitative estimate of drug-likeness (QED) is 0.551. The number of nitrogens with one attached hydrogen (secondary N) is 1. The highest BCUT2D eigenvalue weighted by atomic mass is 16.1. The molecule has 0 heterocycles. The zero-order valence-corrected chi connectivity index (χ0v) is 7.51. The van der Waals surface area contributed by atoms with Crippen molar-refractivity contribution >= 4 is 5.91 Å². The van der Waals surface area contributed by atoms with E-state index in [1.807, 2.05) is 0 Å². The van der Waals surface area contributed by atoms with Gasteiger partial charge in [-0.15, -0.1) is 0 Å². The Hall–Kier alpha value is -0.570. The van der Waals surface area contributed by atoms with Gasteiger partial charge in [0.1, 0.15) is 0 Å². The van der Waals surface area contributed by atoms with Crippen molar-refractivity contribution < 1.29 is 4.79 Å². The number of hydrogen-bond donors (Lipinski definition) is 2. The van der Waals surface area contributed by atoms with E-state index >= 15 is 0 Å². The molecule has 0 saturated heterocycles. The van der Waals surface area contributed by atoms with E-state index in [0.29, 0.717) is 6.42 Å². The zero-order valence-electron chi connectivity index (χ0n) is 7.51. The van der Waals surface area contributed by atoms with Gasteiger partial charge in [-0.2, -0.15) is 0 Å². The summed E-state index contributed by atoms with van der Waals surface area (Å²) in [5.74, 6) is 0.799. The molecule has 12 heavy (non-hydrogen) atoms. The second kappa shape index (κ2) is 5.14. The number of nitrogens with two attached hydrogens (primary N) is 1. The second-order valence-corrected chi connectivity index (χ2v) is 3.55. The lowest BCUT2D eigenvalue weighted by molar-refractivity contribution is -0.118. The molecule has 1 fully saturated rings. The minimum absolute atomic E-state index is 0.195. The molecule has 0 unspecified atom stereocenters. The Labute approximate surface area is 73.7 Å². The number of carbonyl (C=O) groups excluding carboxylic acids is 1. The molecule has 3 nitrogen and oxygen atoms in total. The Morgan fingerprint density at radius 2 is 2.17 bits per heavy atom. The summed E-state index contributed by atoms with van der Waals surface area (Å²) in [6, 6.07) is 0. The normalized spacial score (nSPS) is 16.3. The van der Waals surface area contributed by atoms with Crippen LogP contribution in [-0.2, 0) is 4.79 Å². The van der Waals surface area contributed by atoms with Crippen LogP contribution >= 0.6 is 0 Å². The van der Waals surface area contributed by atoms with Gasteiger partial charge in [-0.1, -0.05) is 12.8 Å². The molecule has 1 saturated carbocycles. The van der Waals surface area contributed by atoms with Crippen molar-refractivity contribution in [2.75, 3.05) is 13.1 Å². The Morgan fingerprint density at radius 1 is 1.42 bits per heavy atom. The van der Waals surface area contributed by atoms with E-state index in [1.54, 1.807) is 0 Å². The maximum absolute atomic E-state index is 10.3. The van der Waals surface area contributed by atoms with Crippen LogP contribution < -0.4 is 11.1 Å². The fraction of sp³-hybridized carbons (Fsp3) is 0.889. The molecule has 0 aromatic heterocycles. The van der Waals surface area contributed by atoms with Gasteiger partial charge in [0.25, 0.3) is 0 Å². The van der Waals surface area contributed by atoms with Crippen molar-refractivity contribution in [3.63, 3.8) is 0 Å². The van der Waals surface area contributed by atoms with Gasteiger partial charge in [-0.3, -0.25) is 4.79 Å². The van der Waals surface area contributed by atoms with Crippen LogP contribution in [0.15, 0.2) is 0 Å². The van der Waals surface area contributed by atoms with Crippen molar-refractivity contribution in [3.05, 3.63) is 0 Å². The Balaban J connectivity index is 1.73. The zero-order chi connectivity index (χ0) is 8.81. The van der Waals surface area contributed by atoms with Crippen molar-refractivity contribution in [2.45, 2.75) is 32.1 Å². The van der Waals surface area contributed by atoms with Crippen molar-refractivity contribution in [1.82, 2.24) is 5.32 Å².